The molecule has 9 aromatic rings. The molecular formula is C65H49NO. The molecule has 1 atom stereocenters. The van der Waals surface area contributed by atoms with Gasteiger partial charge >= 0.3 is 0 Å². The number of rotatable bonds is 5. The second kappa shape index (κ2) is 14.2. The van der Waals surface area contributed by atoms with Crippen LogP contribution in [0.3, 0.4) is 0 Å². The lowest BCUT2D eigenvalue weighted by Gasteiger charge is -2.31. The molecule has 2 nitrogen and oxygen atoms in total. The Labute approximate surface area is 392 Å². The molecule has 14 rings (SSSR count). The normalized spacial score (nSPS) is 17.6. The Kier molecular flexibility index (Phi) is 8.15. The standard InChI is InChI=1S/C65H49NO/c1-40-25-35-49-50-36-34-46(38-58(50)64(2,3)57(49)37-40)66(44-30-26-42(27-31-44)41-15-5-4-6-16-41)45-32-28-43(29-33-45)53-39-59-61(62-52-20-10-14-24-60(52)67-63(53)62)51-19-9-13-23-56(51)65(59)54-21-11-7-17-47(54)48-18-8-12-22-55(48)65/h5,7-36,38-40H,4,6,37H2,1-3H3. The first-order valence-electron chi connectivity index (χ1n) is 24.1. The summed E-state index contributed by atoms with van der Waals surface area (Å²) in [6, 6.07) is 63.9. The molecule has 0 N–H and O–H groups in total. The maximum atomic E-state index is 7.03. The van der Waals surface area contributed by atoms with Crippen molar-refractivity contribution in [3.63, 3.8) is 0 Å². The molecule has 1 aromatic heterocycles. The maximum absolute atomic E-state index is 7.03. The van der Waals surface area contributed by atoms with E-state index in [1.807, 2.05) is 0 Å². The van der Waals surface area contributed by atoms with E-state index in [0.29, 0.717) is 5.92 Å². The van der Waals surface area contributed by atoms with Gasteiger partial charge in [0.25, 0.3) is 0 Å². The van der Waals surface area contributed by atoms with Gasteiger partial charge in [-0.25, -0.2) is 0 Å². The van der Waals surface area contributed by atoms with Crippen LogP contribution in [0.15, 0.2) is 210 Å². The Balaban J connectivity index is 0.962. The van der Waals surface area contributed by atoms with Gasteiger partial charge < -0.3 is 9.32 Å². The SMILES string of the molecule is CC1C=CC2=C(C1)C(C)(C)c1cc(N(c3ccc(C4=CCCC=C4)cc3)c3ccc(-c4cc5c(c6c4oc4ccccc46)-c4ccccc4C54c5ccccc5-c5ccccc54)cc3)ccc12. The molecular weight excluding hydrogens is 811 g/mol. The van der Waals surface area contributed by atoms with Crippen LogP contribution in [0.5, 0.6) is 0 Å². The summed E-state index contributed by atoms with van der Waals surface area (Å²) in [5, 5.41) is 2.33. The Morgan fingerprint density at radius 2 is 1.16 bits per heavy atom. The van der Waals surface area contributed by atoms with Gasteiger partial charge in [-0.2, -0.15) is 0 Å². The average molecular weight is 860 g/mol. The first-order chi connectivity index (χ1) is 32.9. The zero-order chi connectivity index (χ0) is 44.6. The number of allylic oxidation sites excluding steroid dienone is 8. The maximum Gasteiger partial charge on any atom is 0.143 e. The van der Waals surface area contributed by atoms with Gasteiger partial charge in [0, 0.05) is 38.8 Å². The van der Waals surface area contributed by atoms with Crippen LogP contribution in [0.2, 0.25) is 0 Å². The molecule has 8 aromatic carbocycles. The van der Waals surface area contributed by atoms with E-state index in [4.69, 9.17) is 4.42 Å². The van der Waals surface area contributed by atoms with Gasteiger partial charge in [0.2, 0.25) is 0 Å². The molecule has 0 amide bonds. The van der Waals surface area contributed by atoms with E-state index >= 15 is 0 Å². The number of benzene rings is 8. The summed E-state index contributed by atoms with van der Waals surface area (Å²) < 4.78 is 7.03. The van der Waals surface area contributed by atoms with Gasteiger partial charge in [-0.05, 0) is 152 Å². The van der Waals surface area contributed by atoms with E-state index in [-0.39, 0.29) is 5.41 Å². The van der Waals surface area contributed by atoms with Crippen LogP contribution in [0.1, 0.15) is 79.0 Å². The fourth-order valence-electron chi connectivity index (χ4n) is 12.8. The van der Waals surface area contributed by atoms with Gasteiger partial charge in [-0.3, -0.25) is 0 Å². The second-order valence-electron chi connectivity index (χ2n) is 19.9. The van der Waals surface area contributed by atoms with Crippen molar-refractivity contribution in [1.29, 1.82) is 0 Å². The van der Waals surface area contributed by atoms with Crippen LogP contribution < -0.4 is 4.90 Å². The Hall–Kier alpha value is -7.68. The molecule has 1 unspecified atom stereocenters. The Morgan fingerprint density at radius 1 is 0.537 bits per heavy atom. The minimum atomic E-state index is -0.476. The first-order valence-corrected chi connectivity index (χ1v) is 24.1. The van der Waals surface area contributed by atoms with E-state index in [9.17, 15) is 0 Å². The predicted octanol–water partition coefficient (Wildman–Crippen LogP) is 17.4. The van der Waals surface area contributed by atoms with E-state index in [1.165, 1.54) is 77.7 Å². The van der Waals surface area contributed by atoms with Crippen LogP contribution >= 0.6 is 0 Å². The molecule has 0 radical (unpaired) electrons. The van der Waals surface area contributed by atoms with Gasteiger partial charge in [-0.1, -0.05) is 178 Å². The van der Waals surface area contributed by atoms with Gasteiger partial charge in [0.1, 0.15) is 11.2 Å². The van der Waals surface area contributed by atoms with E-state index in [0.717, 1.165) is 64.0 Å². The lowest BCUT2D eigenvalue weighted by atomic mass is 9.70. The highest BCUT2D eigenvalue weighted by molar-refractivity contribution is 6.19. The zero-order valence-corrected chi connectivity index (χ0v) is 38.1. The third-order valence-electron chi connectivity index (χ3n) is 15.9. The molecule has 0 aliphatic heterocycles. The Bertz CT molecular complexity index is 3650. The fourth-order valence-corrected chi connectivity index (χ4v) is 12.8. The summed E-state index contributed by atoms with van der Waals surface area (Å²) in [5.74, 6) is 0.548. The molecule has 5 aliphatic carbocycles. The third kappa shape index (κ3) is 5.33. The lowest BCUT2D eigenvalue weighted by Crippen LogP contribution is -2.25. The quantitative estimate of drug-likeness (QED) is 0.171. The molecule has 0 fully saturated rings. The van der Waals surface area contributed by atoms with Gasteiger partial charge in [-0.15, -0.1) is 0 Å². The van der Waals surface area contributed by atoms with Gasteiger partial charge in [0.05, 0.1) is 5.41 Å². The van der Waals surface area contributed by atoms with Crippen molar-refractivity contribution in [3.05, 3.63) is 245 Å². The second-order valence-corrected chi connectivity index (χ2v) is 19.9. The van der Waals surface area contributed by atoms with Crippen molar-refractivity contribution < 1.29 is 4.42 Å². The molecule has 0 saturated carbocycles. The minimum absolute atomic E-state index is 0.0538. The summed E-state index contributed by atoms with van der Waals surface area (Å²) in [5.41, 5.74) is 25.7. The van der Waals surface area contributed by atoms with E-state index < -0.39 is 5.41 Å². The van der Waals surface area contributed by atoms with Crippen LogP contribution in [-0.2, 0) is 10.8 Å². The Morgan fingerprint density at radius 3 is 1.87 bits per heavy atom. The number of nitrogens with zero attached hydrogens (tertiary/aromatic N) is 1. The topological polar surface area (TPSA) is 16.4 Å². The molecule has 2 heteroatoms. The highest BCUT2D eigenvalue weighted by Gasteiger charge is 2.52. The van der Waals surface area contributed by atoms with E-state index in [2.05, 4.69) is 226 Å². The molecule has 1 spiro atoms. The average Bonchev–Trinajstić information content (AvgIpc) is 4.06. The number of hydrogen-bond donors (Lipinski definition) is 0. The summed E-state index contributed by atoms with van der Waals surface area (Å²) in [6.45, 7) is 7.18. The number of para-hydroxylation sites is 1. The number of furan rings is 1. The minimum Gasteiger partial charge on any atom is -0.455 e. The van der Waals surface area contributed by atoms with Crippen molar-refractivity contribution in [3.8, 4) is 33.4 Å². The summed E-state index contributed by atoms with van der Waals surface area (Å²) >= 11 is 0. The molecule has 0 saturated heterocycles. The fraction of sp³-hybridized carbons (Fsp3) is 0.138. The van der Waals surface area contributed by atoms with Gasteiger partial charge in [0.15, 0.2) is 0 Å². The predicted molar refractivity (Wildman–Crippen MR) is 279 cm³/mol. The smallest absolute Gasteiger partial charge is 0.143 e. The molecule has 5 aliphatic rings. The summed E-state index contributed by atoms with van der Waals surface area (Å²) in [4.78, 5) is 2.45. The highest BCUT2D eigenvalue weighted by atomic mass is 16.3. The largest absolute Gasteiger partial charge is 0.455 e. The van der Waals surface area contributed by atoms with Crippen molar-refractivity contribution >= 4 is 50.1 Å². The van der Waals surface area contributed by atoms with Crippen molar-refractivity contribution in [2.75, 3.05) is 4.90 Å². The van der Waals surface area contributed by atoms with Crippen LogP contribution in [-0.4, -0.2) is 0 Å². The monoisotopic (exact) mass is 859 g/mol. The zero-order valence-electron chi connectivity index (χ0n) is 38.1. The number of hydrogen-bond acceptors (Lipinski definition) is 2. The molecule has 1 heterocycles. The first kappa shape index (κ1) is 38.6. The third-order valence-corrected chi connectivity index (χ3v) is 15.9. The van der Waals surface area contributed by atoms with Crippen molar-refractivity contribution in [2.24, 2.45) is 5.92 Å². The van der Waals surface area contributed by atoms with Crippen LogP contribution in [0, 0.1) is 5.92 Å². The number of anilines is 3. The van der Waals surface area contributed by atoms with Crippen molar-refractivity contribution in [2.45, 2.75) is 50.9 Å². The molecule has 0 bridgehead atoms. The van der Waals surface area contributed by atoms with Crippen molar-refractivity contribution in [1.82, 2.24) is 0 Å². The van der Waals surface area contributed by atoms with Crippen LogP contribution in [0.25, 0.3) is 66.5 Å². The lowest BCUT2D eigenvalue weighted by molar-refractivity contribution is 0.566. The van der Waals surface area contributed by atoms with E-state index in [1.54, 1.807) is 5.57 Å². The summed E-state index contributed by atoms with van der Waals surface area (Å²) in [6.07, 6.45) is 15.0. The molecule has 67 heavy (non-hydrogen) atoms. The number of fused-ring (bicyclic) bond motifs is 16. The van der Waals surface area contributed by atoms with Crippen LogP contribution in [0.4, 0.5) is 17.1 Å². The molecule has 320 valence electrons. The highest BCUT2D eigenvalue weighted by Crippen LogP contribution is 2.65. The summed E-state index contributed by atoms with van der Waals surface area (Å²) in [7, 11) is 0.